The Morgan fingerprint density at radius 1 is 0.333 bits per heavy atom. The SMILES string of the molecule is Clc1nc(-c2ccccc2)nc(-c2cccc(-c3ccc4cc5c(cc4c3)Cc3c(c4c6ccccc6n(-c6ccccc6)c4c4c3c3ccccc3n4-c3nc(-c4ccccc4)nc(-c4ccccc4)n3)C5)c2)n1. The van der Waals surface area contributed by atoms with Gasteiger partial charge in [-0.25, -0.2) is 9.97 Å². The zero-order valence-corrected chi connectivity index (χ0v) is 41.0. The maximum Gasteiger partial charge on any atom is 0.238 e. The Bertz CT molecular complexity index is 4530. The highest BCUT2D eigenvalue weighted by molar-refractivity contribution is 6.28. The molecule has 10 aromatic carbocycles. The molecular formula is C66H41ClN8. The third-order valence-electron chi connectivity index (χ3n) is 14.8. The van der Waals surface area contributed by atoms with E-state index in [1.54, 1.807) is 0 Å². The zero-order valence-electron chi connectivity index (χ0n) is 40.2. The Kier molecular flexibility index (Phi) is 9.90. The molecule has 0 amide bonds. The van der Waals surface area contributed by atoms with Crippen LogP contribution in [0.3, 0.4) is 0 Å². The third-order valence-corrected chi connectivity index (χ3v) is 15.0. The van der Waals surface area contributed by atoms with Crippen molar-refractivity contribution in [2.75, 3.05) is 0 Å². The molecule has 14 aromatic rings. The molecule has 1 aliphatic rings. The van der Waals surface area contributed by atoms with E-state index in [4.69, 9.17) is 31.5 Å². The molecule has 0 radical (unpaired) electrons. The van der Waals surface area contributed by atoms with Crippen LogP contribution in [0.2, 0.25) is 5.28 Å². The average Bonchev–Trinajstić information content (AvgIpc) is 4.04. The summed E-state index contributed by atoms with van der Waals surface area (Å²) in [4.78, 5) is 29.8. The minimum atomic E-state index is 0.158. The van der Waals surface area contributed by atoms with Crippen LogP contribution in [0.25, 0.3) is 123 Å². The van der Waals surface area contributed by atoms with E-state index in [9.17, 15) is 0 Å². The molecule has 0 saturated carbocycles. The monoisotopic (exact) mass is 980 g/mol. The van der Waals surface area contributed by atoms with Crippen molar-refractivity contribution in [3.05, 3.63) is 252 Å². The molecule has 9 heteroatoms. The largest absolute Gasteiger partial charge is 0.307 e. The van der Waals surface area contributed by atoms with E-state index in [2.05, 4.69) is 171 Å². The van der Waals surface area contributed by atoms with Crippen LogP contribution in [0.5, 0.6) is 0 Å². The molecule has 0 bridgehead atoms. The van der Waals surface area contributed by atoms with Gasteiger partial charge in [0.1, 0.15) is 0 Å². The number of halogens is 1. The van der Waals surface area contributed by atoms with Gasteiger partial charge in [-0.3, -0.25) is 4.57 Å². The second kappa shape index (κ2) is 17.3. The highest BCUT2D eigenvalue weighted by Crippen LogP contribution is 2.49. The molecule has 8 nitrogen and oxygen atoms in total. The number of para-hydroxylation sites is 3. The van der Waals surface area contributed by atoms with Gasteiger partial charge >= 0.3 is 0 Å². The van der Waals surface area contributed by atoms with Crippen molar-refractivity contribution in [1.82, 2.24) is 39.0 Å². The fourth-order valence-corrected chi connectivity index (χ4v) is 11.7. The van der Waals surface area contributed by atoms with Gasteiger partial charge in [-0.15, -0.1) is 0 Å². The van der Waals surface area contributed by atoms with E-state index < -0.39 is 0 Å². The molecule has 0 spiro atoms. The van der Waals surface area contributed by atoms with Crippen molar-refractivity contribution >= 4 is 66.0 Å². The van der Waals surface area contributed by atoms with E-state index in [0.29, 0.717) is 29.2 Å². The summed E-state index contributed by atoms with van der Waals surface area (Å²) < 4.78 is 4.78. The van der Waals surface area contributed by atoms with Crippen LogP contribution in [0.15, 0.2) is 224 Å². The topological polar surface area (TPSA) is 87.2 Å². The van der Waals surface area contributed by atoms with Crippen LogP contribution < -0.4 is 0 Å². The Labute approximate surface area is 435 Å². The van der Waals surface area contributed by atoms with Crippen molar-refractivity contribution in [3.63, 3.8) is 0 Å². The van der Waals surface area contributed by atoms with E-state index in [1.165, 1.54) is 49.2 Å². The molecule has 0 fully saturated rings. The Hall–Kier alpha value is -9.63. The van der Waals surface area contributed by atoms with Crippen molar-refractivity contribution in [2.24, 2.45) is 0 Å². The maximum absolute atomic E-state index is 6.51. The fraction of sp³-hybridized carbons (Fsp3) is 0.0303. The normalized spacial score (nSPS) is 12.2. The average molecular weight is 982 g/mol. The highest BCUT2D eigenvalue weighted by Gasteiger charge is 2.31. The summed E-state index contributed by atoms with van der Waals surface area (Å²) in [7, 11) is 0. The van der Waals surface area contributed by atoms with Crippen molar-refractivity contribution in [3.8, 4) is 68.3 Å². The van der Waals surface area contributed by atoms with Crippen LogP contribution in [0.4, 0.5) is 0 Å². The predicted molar refractivity (Wildman–Crippen MR) is 304 cm³/mol. The number of hydrogen-bond donors (Lipinski definition) is 0. The Morgan fingerprint density at radius 2 is 0.773 bits per heavy atom. The molecule has 0 saturated heterocycles. The smallest absolute Gasteiger partial charge is 0.238 e. The number of nitrogens with zero attached hydrogens (tertiary/aromatic N) is 8. The summed E-state index contributed by atoms with van der Waals surface area (Å²) in [6.45, 7) is 0. The first-order valence-electron chi connectivity index (χ1n) is 25.1. The Balaban J connectivity index is 0.953. The van der Waals surface area contributed by atoms with Crippen LogP contribution in [0, 0.1) is 0 Å². The van der Waals surface area contributed by atoms with E-state index in [0.717, 1.165) is 79.4 Å². The van der Waals surface area contributed by atoms with Gasteiger partial charge in [-0.1, -0.05) is 188 Å². The summed E-state index contributed by atoms with van der Waals surface area (Å²) in [6.07, 6.45) is 1.53. The molecule has 0 N–H and O–H groups in total. The van der Waals surface area contributed by atoms with Crippen molar-refractivity contribution in [1.29, 1.82) is 0 Å². The standard InChI is InChI=1S/C66H41ClN8/c67-65-70-61(40-18-5-1-6-19-40)68-64(71-65)46-25-17-24-43(34-46)44-32-33-45-36-48-38-53-54(39-49(48)37-47(45)35-44)58-52-29-14-16-31-56(52)75(60(58)59-57(53)51-28-13-15-30-55(51)74(59)50-26-11-4-12-27-50)66-72-62(41-20-7-2-8-21-41)69-63(73-66)42-22-9-3-10-23-42/h1-37H,38-39H2. The number of benzene rings is 10. The lowest BCUT2D eigenvalue weighted by Gasteiger charge is -2.24. The zero-order chi connectivity index (χ0) is 49.6. The van der Waals surface area contributed by atoms with Gasteiger partial charge in [-0.05, 0) is 105 Å². The van der Waals surface area contributed by atoms with Gasteiger partial charge in [0.15, 0.2) is 23.3 Å². The molecule has 352 valence electrons. The second-order valence-corrected chi connectivity index (χ2v) is 19.5. The summed E-state index contributed by atoms with van der Waals surface area (Å²) in [5.41, 5.74) is 16.5. The molecule has 75 heavy (non-hydrogen) atoms. The van der Waals surface area contributed by atoms with E-state index in [1.807, 2.05) is 72.8 Å². The molecular weight excluding hydrogens is 940 g/mol. The van der Waals surface area contributed by atoms with Gasteiger partial charge < -0.3 is 4.57 Å². The van der Waals surface area contributed by atoms with E-state index >= 15 is 0 Å². The quantitative estimate of drug-likeness (QED) is 0.158. The van der Waals surface area contributed by atoms with E-state index in [-0.39, 0.29) is 5.28 Å². The summed E-state index contributed by atoms with van der Waals surface area (Å²) in [6, 6.07) is 78.7. The van der Waals surface area contributed by atoms with Crippen molar-refractivity contribution in [2.45, 2.75) is 12.8 Å². The van der Waals surface area contributed by atoms with Gasteiger partial charge in [0.25, 0.3) is 0 Å². The van der Waals surface area contributed by atoms with Gasteiger partial charge in [0.05, 0.1) is 22.1 Å². The van der Waals surface area contributed by atoms with Gasteiger partial charge in [-0.2, -0.15) is 19.9 Å². The Morgan fingerprint density at radius 3 is 1.36 bits per heavy atom. The van der Waals surface area contributed by atoms with Crippen LogP contribution in [-0.2, 0) is 12.8 Å². The van der Waals surface area contributed by atoms with Crippen LogP contribution in [-0.4, -0.2) is 39.0 Å². The summed E-state index contributed by atoms with van der Waals surface area (Å²) in [5.74, 6) is 2.86. The molecule has 15 rings (SSSR count). The lowest BCUT2D eigenvalue weighted by molar-refractivity contribution is 0.952. The highest BCUT2D eigenvalue weighted by atomic mass is 35.5. The van der Waals surface area contributed by atoms with Crippen LogP contribution in [0.1, 0.15) is 22.3 Å². The lowest BCUT2D eigenvalue weighted by Crippen LogP contribution is -2.11. The lowest BCUT2D eigenvalue weighted by atomic mass is 9.80. The predicted octanol–water partition coefficient (Wildman–Crippen LogP) is 15.9. The van der Waals surface area contributed by atoms with Crippen LogP contribution >= 0.6 is 11.6 Å². The minimum absolute atomic E-state index is 0.158. The fourth-order valence-electron chi connectivity index (χ4n) is 11.5. The number of aromatic nitrogens is 8. The third kappa shape index (κ3) is 7.13. The van der Waals surface area contributed by atoms with Crippen molar-refractivity contribution < 1.29 is 0 Å². The number of fused-ring (bicyclic) bond motifs is 12. The summed E-state index contributed by atoms with van der Waals surface area (Å²) in [5, 5.41) is 7.36. The van der Waals surface area contributed by atoms with Gasteiger partial charge in [0.2, 0.25) is 11.2 Å². The molecule has 4 aromatic heterocycles. The molecule has 0 aliphatic heterocycles. The summed E-state index contributed by atoms with van der Waals surface area (Å²) >= 11 is 6.51. The second-order valence-electron chi connectivity index (χ2n) is 19.2. The molecule has 1 aliphatic carbocycles. The number of hydrogen-bond acceptors (Lipinski definition) is 6. The first kappa shape index (κ1) is 43.0. The molecule has 0 unspecified atom stereocenters. The first-order valence-corrected chi connectivity index (χ1v) is 25.5. The minimum Gasteiger partial charge on any atom is -0.307 e. The maximum atomic E-state index is 6.51. The molecule has 4 heterocycles. The number of rotatable bonds is 7. The first-order chi connectivity index (χ1) is 37.1. The van der Waals surface area contributed by atoms with Gasteiger partial charge in [0, 0.05) is 49.5 Å². The molecule has 0 atom stereocenters.